The normalized spacial score (nSPS) is 11.0. The van der Waals surface area contributed by atoms with Gasteiger partial charge in [0.2, 0.25) is 0 Å². The van der Waals surface area contributed by atoms with Crippen molar-refractivity contribution in [1.82, 2.24) is 21.5 Å². The molecule has 0 saturated carbocycles. The quantitative estimate of drug-likeness (QED) is 0.569. The Labute approximate surface area is 177 Å². The van der Waals surface area contributed by atoms with Crippen molar-refractivity contribution in [2.45, 2.75) is 52.6 Å². The summed E-state index contributed by atoms with van der Waals surface area (Å²) in [5.41, 5.74) is 7.68. The summed E-state index contributed by atoms with van der Waals surface area (Å²) >= 11 is 0. The Kier molecular flexibility index (Phi) is 7.58. The van der Waals surface area contributed by atoms with Crippen LogP contribution in [0.4, 0.5) is 4.79 Å². The van der Waals surface area contributed by atoms with Crippen molar-refractivity contribution in [1.29, 1.82) is 0 Å². The fourth-order valence-electron chi connectivity index (χ4n) is 2.65. The van der Waals surface area contributed by atoms with Crippen LogP contribution >= 0.6 is 0 Å². The first-order chi connectivity index (χ1) is 14.1. The number of carbonyl (C=O) groups is 3. The number of rotatable bonds is 5. The third-order valence-electron chi connectivity index (χ3n) is 4.39. The first kappa shape index (κ1) is 22.9. The molecule has 7 nitrogen and oxygen atoms in total. The average Bonchev–Trinajstić information content (AvgIpc) is 2.69. The lowest BCUT2D eigenvalue weighted by atomic mass is 9.87. The molecule has 160 valence electrons. The van der Waals surface area contributed by atoms with Gasteiger partial charge in [-0.1, -0.05) is 45.0 Å². The molecule has 7 heteroatoms. The first-order valence-electron chi connectivity index (χ1n) is 9.91. The lowest BCUT2D eigenvalue weighted by molar-refractivity contribution is 0.0846. The number of amides is 4. The molecule has 0 radical (unpaired) electrons. The number of hydrogen-bond acceptors (Lipinski definition) is 3. The second-order valence-electron chi connectivity index (χ2n) is 8.41. The zero-order chi connectivity index (χ0) is 22.3. The Hall–Kier alpha value is -3.35. The van der Waals surface area contributed by atoms with E-state index in [0.29, 0.717) is 17.7 Å². The molecule has 0 aromatic heterocycles. The number of nitrogens with one attached hydrogen (secondary N) is 4. The zero-order valence-corrected chi connectivity index (χ0v) is 18.1. The van der Waals surface area contributed by atoms with Crippen LogP contribution in [0.15, 0.2) is 48.5 Å². The van der Waals surface area contributed by atoms with E-state index in [0.717, 1.165) is 11.1 Å². The Morgan fingerprint density at radius 1 is 0.800 bits per heavy atom. The zero-order valence-electron chi connectivity index (χ0n) is 18.1. The van der Waals surface area contributed by atoms with E-state index < -0.39 is 5.91 Å². The highest BCUT2D eigenvalue weighted by atomic mass is 16.2. The molecular formula is C23H30N4O3. The highest BCUT2D eigenvalue weighted by Crippen LogP contribution is 2.22. The highest BCUT2D eigenvalue weighted by Gasteiger charge is 2.15. The molecule has 4 amide bonds. The van der Waals surface area contributed by atoms with Gasteiger partial charge in [-0.3, -0.25) is 20.4 Å². The van der Waals surface area contributed by atoms with Crippen LogP contribution in [-0.2, 0) is 12.0 Å². The van der Waals surface area contributed by atoms with Crippen LogP contribution in [0, 0.1) is 0 Å². The molecule has 2 aromatic rings. The predicted molar refractivity (Wildman–Crippen MR) is 117 cm³/mol. The van der Waals surface area contributed by atoms with Gasteiger partial charge >= 0.3 is 6.03 Å². The fraction of sp³-hybridized carbons (Fsp3) is 0.348. The molecule has 4 N–H and O–H groups in total. The molecule has 2 rings (SSSR count). The SMILES string of the molecule is CC(C)NC(=O)NCc1ccc(C(=O)NNC(=O)c2ccc(C(C)(C)C)cc2)cc1. The van der Waals surface area contributed by atoms with Gasteiger partial charge in [-0.05, 0) is 54.7 Å². The molecule has 0 heterocycles. The summed E-state index contributed by atoms with van der Waals surface area (Å²) < 4.78 is 0. The second kappa shape index (κ2) is 9.91. The van der Waals surface area contributed by atoms with Crippen molar-refractivity contribution in [3.63, 3.8) is 0 Å². The topological polar surface area (TPSA) is 99.3 Å². The molecule has 2 aromatic carbocycles. The Bertz CT molecular complexity index is 882. The molecule has 0 saturated heterocycles. The van der Waals surface area contributed by atoms with Gasteiger partial charge in [0.05, 0.1) is 0 Å². The standard InChI is InChI=1S/C23H30N4O3/c1-15(2)25-22(30)24-14-16-6-8-17(9-7-16)20(28)26-27-21(29)18-10-12-19(13-11-18)23(3,4)5/h6-13,15H,14H2,1-5H3,(H,26,28)(H,27,29)(H2,24,25,30). The monoisotopic (exact) mass is 410 g/mol. The van der Waals surface area contributed by atoms with Gasteiger partial charge in [0, 0.05) is 23.7 Å². The van der Waals surface area contributed by atoms with Crippen molar-refractivity contribution in [2.75, 3.05) is 0 Å². The van der Waals surface area contributed by atoms with Gasteiger partial charge < -0.3 is 10.6 Å². The summed E-state index contributed by atoms with van der Waals surface area (Å²) in [5.74, 6) is -0.812. The Balaban J connectivity index is 1.85. The number of benzene rings is 2. The summed E-state index contributed by atoms with van der Waals surface area (Å²) in [4.78, 5) is 36.1. The number of hydrogen-bond donors (Lipinski definition) is 4. The minimum Gasteiger partial charge on any atom is -0.336 e. The molecule has 0 bridgehead atoms. The number of hydrazine groups is 1. The van der Waals surface area contributed by atoms with Crippen LogP contribution in [0.3, 0.4) is 0 Å². The maximum atomic E-state index is 12.3. The molecular weight excluding hydrogens is 380 g/mol. The summed E-state index contributed by atoms with van der Waals surface area (Å²) in [6.07, 6.45) is 0. The van der Waals surface area contributed by atoms with E-state index in [2.05, 4.69) is 42.3 Å². The van der Waals surface area contributed by atoms with Gasteiger partial charge in [0.15, 0.2) is 0 Å². The number of carbonyl (C=O) groups excluding carboxylic acids is 3. The van der Waals surface area contributed by atoms with Gasteiger partial charge in [-0.25, -0.2) is 4.79 Å². The van der Waals surface area contributed by atoms with Crippen LogP contribution < -0.4 is 21.5 Å². The lowest BCUT2D eigenvalue weighted by Crippen LogP contribution is -2.41. The number of urea groups is 1. The van der Waals surface area contributed by atoms with Gasteiger partial charge in [-0.15, -0.1) is 0 Å². The Morgan fingerprint density at radius 3 is 1.70 bits per heavy atom. The molecule has 30 heavy (non-hydrogen) atoms. The molecule has 0 aliphatic rings. The van der Waals surface area contributed by atoms with Gasteiger partial charge in [-0.2, -0.15) is 0 Å². The summed E-state index contributed by atoms with van der Waals surface area (Å²) in [6.45, 7) is 10.4. The minimum atomic E-state index is -0.424. The van der Waals surface area contributed by atoms with Gasteiger partial charge in [0.1, 0.15) is 0 Å². The van der Waals surface area contributed by atoms with Crippen molar-refractivity contribution in [3.8, 4) is 0 Å². The molecule has 0 unspecified atom stereocenters. The molecule has 0 atom stereocenters. The Morgan fingerprint density at radius 2 is 1.27 bits per heavy atom. The molecule has 0 aliphatic carbocycles. The summed E-state index contributed by atoms with van der Waals surface area (Å²) in [7, 11) is 0. The van der Waals surface area contributed by atoms with E-state index in [-0.39, 0.29) is 23.4 Å². The van der Waals surface area contributed by atoms with Crippen molar-refractivity contribution in [2.24, 2.45) is 0 Å². The fourth-order valence-corrected chi connectivity index (χ4v) is 2.65. The average molecular weight is 411 g/mol. The third kappa shape index (κ3) is 6.92. The molecule has 0 fully saturated rings. The lowest BCUT2D eigenvalue weighted by Gasteiger charge is -2.19. The van der Waals surface area contributed by atoms with Crippen LogP contribution in [0.25, 0.3) is 0 Å². The highest BCUT2D eigenvalue weighted by molar-refractivity contribution is 5.99. The molecule has 0 aliphatic heterocycles. The van der Waals surface area contributed by atoms with E-state index in [4.69, 9.17) is 0 Å². The van der Waals surface area contributed by atoms with E-state index in [9.17, 15) is 14.4 Å². The van der Waals surface area contributed by atoms with Crippen molar-refractivity contribution >= 4 is 17.8 Å². The summed E-state index contributed by atoms with van der Waals surface area (Å²) in [5, 5.41) is 5.48. The van der Waals surface area contributed by atoms with Crippen LogP contribution in [0.2, 0.25) is 0 Å². The van der Waals surface area contributed by atoms with Crippen LogP contribution in [0.5, 0.6) is 0 Å². The predicted octanol–water partition coefficient (Wildman–Crippen LogP) is 3.27. The summed E-state index contributed by atoms with van der Waals surface area (Å²) in [6, 6.07) is 13.9. The smallest absolute Gasteiger partial charge is 0.315 e. The van der Waals surface area contributed by atoms with Crippen LogP contribution in [0.1, 0.15) is 66.5 Å². The maximum absolute atomic E-state index is 12.3. The van der Waals surface area contributed by atoms with E-state index in [1.54, 1.807) is 36.4 Å². The van der Waals surface area contributed by atoms with Crippen LogP contribution in [-0.4, -0.2) is 23.9 Å². The van der Waals surface area contributed by atoms with Crippen molar-refractivity contribution in [3.05, 3.63) is 70.8 Å². The first-order valence-corrected chi connectivity index (χ1v) is 9.91. The second-order valence-corrected chi connectivity index (χ2v) is 8.41. The van der Waals surface area contributed by atoms with Crippen molar-refractivity contribution < 1.29 is 14.4 Å². The maximum Gasteiger partial charge on any atom is 0.315 e. The largest absolute Gasteiger partial charge is 0.336 e. The third-order valence-corrected chi connectivity index (χ3v) is 4.39. The van der Waals surface area contributed by atoms with E-state index in [1.807, 2.05) is 26.0 Å². The van der Waals surface area contributed by atoms with E-state index in [1.165, 1.54) is 0 Å². The molecule has 0 spiro atoms. The van der Waals surface area contributed by atoms with E-state index >= 15 is 0 Å². The minimum absolute atomic E-state index is 0.00311. The van der Waals surface area contributed by atoms with Gasteiger partial charge in [0.25, 0.3) is 11.8 Å².